The average molecular weight is 447 g/mol. The van der Waals surface area contributed by atoms with Gasteiger partial charge in [-0.1, -0.05) is 12.2 Å². The zero-order chi connectivity index (χ0) is 21.9. The average Bonchev–Trinajstić information content (AvgIpc) is 3.33. The molecular weight excluding hydrogens is 425 g/mol. The number of likely N-dealkylation sites (tertiary alicyclic amines) is 1. The molecule has 1 saturated heterocycles. The molecule has 8 nitrogen and oxygen atoms in total. The lowest BCUT2D eigenvalue weighted by atomic mass is 9.89. The van der Waals surface area contributed by atoms with Crippen LogP contribution in [-0.2, 0) is 14.8 Å². The number of benzene rings is 1. The number of rotatable bonds is 3. The van der Waals surface area contributed by atoms with E-state index in [4.69, 9.17) is 0 Å². The van der Waals surface area contributed by atoms with Crippen LogP contribution in [0.2, 0.25) is 0 Å². The van der Waals surface area contributed by atoms with Crippen LogP contribution in [0.3, 0.4) is 0 Å². The molecule has 31 heavy (non-hydrogen) atoms. The Balaban J connectivity index is 1.36. The van der Waals surface area contributed by atoms with Gasteiger partial charge in [0.15, 0.2) is 0 Å². The fourth-order valence-electron chi connectivity index (χ4n) is 4.92. The summed E-state index contributed by atoms with van der Waals surface area (Å²) in [6, 6.07) is 1.99. The molecule has 0 saturated carbocycles. The van der Waals surface area contributed by atoms with Gasteiger partial charge >= 0.3 is 6.03 Å². The summed E-state index contributed by atoms with van der Waals surface area (Å²) in [4.78, 5) is 26.8. The van der Waals surface area contributed by atoms with E-state index in [1.807, 2.05) is 6.08 Å². The largest absolute Gasteiger partial charge is 0.393 e. The number of nitrogens with one attached hydrogen (secondary N) is 1. The van der Waals surface area contributed by atoms with Gasteiger partial charge in [0.1, 0.15) is 17.3 Å². The number of aliphatic hydroxyl groups excluding tert-OH is 1. The summed E-state index contributed by atoms with van der Waals surface area (Å²) < 4.78 is 39.9. The molecule has 0 spiro atoms. The third kappa shape index (κ3) is 3.34. The molecule has 0 aromatic heterocycles. The summed E-state index contributed by atoms with van der Waals surface area (Å²) in [5.74, 6) is -1.02. The van der Waals surface area contributed by atoms with Crippen LogP contribution in [0.15, 0.2) is 46.4 Å². The Bertz CT molecular complexity index is 1150. The van der Waals surface area contributed by atoms with E-state index in [2.05, 4.69) is 11.4 Å². The van der Waals surface area contributed by atoms with Gasteiger partial charge in [-0.25, -0.2) is 21.9 Å². The van der Waals surface area contributed by atoms with E-state index >= 15 is 0 Å². The number of urea groups is 1. The van der Waals surface area contributed by atoms with Crippen LogP contribution in [0, 0.1) is 11.7 Å². The predicted molar refractivity (Wildman–Crippen MR) is 109 cm³/mol. The van der Waals surface area contributed by atoms with Crippen LogP contribution in [0.4, 0.5) is 14.9 Å². The van der Waals surface area contributed by atoms with Gasteiger partial charge in [-0.05, 0) is 60.9 Å². The summed E-state index contributed by atoms with van der Waals surface area (Å²) in [6.07, 6.45) is 6.61. The molecule has 2 heterocycles. The highest BCUT2D eigenvalue weighted by Crippen LogP contribution is 2.42. The molecule has 1 unspecified atom stereocenters. The van der Waals surface area contributed by atoms with E-state index in [1.54, 1.807) is 4.90 Å². The molecule has 2 N–H and O–H groups in total. The van der Waals surface area contributed by atoms with Crippen molar-refractivity contribution in [1.82, 2.24) is 9.21 Å². The van der Waals surface area contributed by atoms with E-state index < -0.39 is 34.3 Å². The lowest BCUT2D eigenvalue weighted by molar-refractivity contribution is -0.131. The van der Waals surface area contributed by atoms with E-state index in [9.17, 15) is 27.5 Å². The third-order valence-corrected chi connectivity index (χ3v) is 8.21. The maximum Gasteiger partial charge on any atom is 0.336 e. The Hall–Kier alpha value is -2.72. The molecule has 3 atom stereocenters. The van der Waals surface area contributed by atoms with Gasteiger partial charge in [0.05, 0.1) is 17.8 Å². The number of carbonyl (C=O) groups excluding carboxylic acids is 2. The maximum absolute atomic E-state index is 13.6. The van der Waals surface area contributed by atoms with Crippen molar-refractivity contribution in [3.63, 3.8) is 0 Å². The first-order valence-electron chi connectivity index (χ1n) is 10.3. The first-order chi connectivity index (χ1) is 14.7. The Morgan fingerprint density at radius 1 is 1.32 bits per heavy atom. The molecule has 2 aliphatic heterocycles. The molecule has 2 aliphatic carbocycles. The Kier molecular flexibility index (Phi) is 4.67. The summed E-state index contributed by atoms with van der Waals surface area (Å²) in [5.41, 5.74) is 2.19. The molecule has 0 radical (unpaired) electrons. The Labute approximate surface area is 179 Å². The molecular formula is C21H22FN3O5S. The van der Waals surface area contributed by atoms with Crippen molar-refractivity contribution >= 4 is 27.6 Å². The summed E-state index contributed by atoms with van der Waals surface area (Å²) in [6.45, 7) is -0.165. The fourth-order valence-corrected chi connectivity index (χ4v) is 6.36. The highest BCUT2D eigenvalue weighted by molar-refractivity contribution is 7.90. The number of aliphatic hydroxyl groups is 1. The number of anilines is 1. The minimum Gasteiger partial charge on any atom is -0.393 e. The number of halogens is 1. The molecule has 5 rings (SSSR count). The lowest BCUT2D eigenvalue weighted by Crippen LogP contribution is -2.51. The van der Waals surface area contributed by atoms with Crippen molar-refractivity contribution in [3.05, 3.63) is 47.3 Å². The van der Waals surface area contributed by atoms with Crippen LogP contribution in [0.1, 0.15) is 25.7 Å². The number of fused-ring (bicyclic) bond motifs is 3. The van der Waals surface area contributed by atoms with Crippen molar-refractivity contribution < 1.29 is 27.5 Å². The quantitative estimate of drug-likeness (QED) is 0.737. The number of hydrogen-bond acceptors (Lipinski definition) is 5. The monoisotopic (exact) mass is 447 g/mol. The third-order valence-electron chi connectivity index (χ3n) is 6.44. The summed E-state index contributed by atoms with van der Waals surface area (Å²) in [7, 11) is -4.35. The van der Waals surface area contributed by atoms with Gasteiger partial charge in [0, 0.05) is 6.54 Å². The molecule has 2 bridgehead atoms. The normalized spacial score (nSPS) is 28.7. The fraction of sp³-hybridized carbons (Fsp3) is 0.429. The zero-order valence-corrected chi connectivity index (χ0v) is 17.4. The predicted octanol–water partition coefficient (Wildman–Crippen LogP) is 1.99. The van der Waals surface area contributed by atoms with Crippen LogP contribution >= 0.6 is 0 Å². The van der Waals surface area contributed by atoms with E-state index in [0.717, 1.165) is 36.1 Å². The lowest BCUT2D eigenvalue weighted by Gasteiger charge is -2.34. The Morgan fingerprint density at radius 2 is 2.13 bits per heavy atom. The van der Waals surface area contributed by atoms with Gasteiger partial charge in [0.25, 0.3) is 10.0 Å². The second-order valence-electron chi connectivity index (χ2n) is 8.42. The van der Waals surface area contributed by atoms with E-state index in [1.165, 1.54) is 6.07 Å². The maximum atomic E-state index is 13.6. The minimum absolute atomic E-state index is 0.00743. The molecule has 1 fully saturated rings. The first kappa shape index (κ1) is 20.2. The highest BCUT2D eigenvalue weighted by atomic mass is 32.2. The van der Waals surface area contributed by atoms with Gasteiger partial charge in [-0.2, -0.15) is 0 Å². The smallest absolute Gasteiger partial charge is 0.336 e. The summed E-state index contributed by atoms with van der Waals surface area (Å²) in [5, 5.41) is 12.1. The SMILES string of the molecule is O=C(CN1C(=O)Nc2ccc(F)cc2S1(=O)=O)N1C[C@H]2C=C(C3=CCC(O)CC3)[C@@H]1C2. The molecule has 1 aromatic rings. The first-order valence-corrected chi connectivity index (χ1v) is 11.7. The zero-order valence-electron chi connectivity index (χ0n) is 16.6. The second-order valence-corrected chi connectivity index (χ2v) is 10.3. The van der Waals surface area contributed by atoms with Gasteiger partial charge in [-0.15, -0.1) is 0 Å². The van der Waals surface area contributed by atoms with Crippen LogP contribution in [-0.4, -0.2) is 59.9 Å². The number of amides is 3. The van der Waals surface area contributed by atoms with Crippen LogP contribution in [0.5, 0.6) is 0 Å². The molecule has 164 valence electrons. The molecule has 1 aromatic carbocycles. The Morgan fingerprint density at radius 3 is 2.84 bits per heavy atom. The highest BCUT2D eigenvalue weighted by Gasteiger charge is 2.45. The van der Waals surface area contributed by atoms with E-state index in [0.29, 0.717) is 23.7 Å². The summed E-state index contributed by atoms with van der Waals surface area (Å²) >= 11 is 0. The molecule has 4 aliphatic rings. The van der Waals surface area contributed by atoms with Gasteiger partial charge < -0.3 is 15.3 Å². The van der Waals surface area contributed by atoms with Crippen LogP contribution < -0.4 is 5.32 Å². The number of nitrogens with zero attached hydrogens (tertiary/aromatic N) is 2. The van der Waals surface area contributed by atoms with Crippen LogP contribution in [0.25, 0.3) is 0 Å². The standard InChI is InChI=1S/C21H22FN3O5S/c22-14-3-6-17-19(9-14)31(29,30)25(21(28)23-17)11-20(27)24-10-12-7-16(18(24)8-12)13-1-4-15(26)5-2-13/h1,3,6-7,9,12,15,18,26H,2,4-5,8,10-11H2,(H,23,28)/t12-,15?,18-/m0/s1. The van der Waals surface area contributed by atoms with E-state index in [-0.39, 0.29) is 28.6 Å². The van der Waals surface area contributed by atoms with Crippen molar-refractivity contribution in [2.75, 3.05) is 18.4 Å². The second kappa shape index (κ2) is 7.16. The topological polar surface area (TPSA) is 107 Å². The molecule has 10 heteroatoms. The number of hydrogen-bond donors (Lipinski definition) is 2. The van der Waals surface area contributed by atoms with Crippen molar-refractivity contribution in [2.45, 2.75) is 42.7 Å². The molecule has 3 amide bonds. The minimum atomic E-state index is -4.35. The van der Waals surface area contributed by atoms with Crippen molar-refractivity contribution in [1.29, 1.82) is 0 Å². The van der Waals surface area contributed by atoms with Gasteiger partial charge in [0.2, 0.25) is 5.91 Å². The number of sulfonamides is 1. The number of carbonyl (C=O) groups is 2. The van der Waals surface area contributed by atoms with Gasteiger partial charge in [-0.3, -0.25) is 4.79 Å². The van der Waals surface area contributed by atoms with Crippen molar-refractivity contribution in [3.8, 4) is 0 Å². The van der Waals surface area contributed by atoms with Crippen molar-refractivity contribution in [2.24, 2.45) is 5.92 Å².